The molecule has 0 saturated carbocycles. The Bertz CT molecular complexity index is 905. The molecule has 0 spiro atoms. The molecular formula is C20H22N4OS. The predicted molar refractivity (Wildman–Crippen MR) is 105 cm³/mol. The summed E-state index contributed by atoms with van der Waals surface area (Å²) in [5.74, 6) is -0.207. The number of amides is 1. The number of aromatic amines is 1. The average Bonchev–Trinajstić information content (AvgIpc) is 3.11. The Morgan fingerprint density at radius 1 is 1.42 bits per heavy atom. The lowest BCUT2D eigenvalue weighted by molar-refractivity contribution is 0.101. The first kappa shape index (κ1) is 18.3. The molecule has 0 atom stereocenters. The zero-order valence-electron chi connectivity index (χ0n) is 15.2. The lowest BCUT2D eigenvalue weighted by Gasteiger charge is -2.29. The van der Waals surface area contributed by atoms with Crippen LogP contribution in [-0.4, -0.2) is 22.1 Å². The molecule has 1 heterocycles. The van der Waals surface area contributed by atoms with E-state index in [4.69, 9.17) is 5.26 Å². The van der Waals surface area contributed by atoms with Crippen molar-refractivity contribution in [2.75, 3.05) is 11.6 Å². The summed E-state index contributed by atoms with van der Waals surface area (Å²) in [4.78, 5) is 20.3. The first-order valence-corrected chi connectivity index (χ1v) is 9.78. The van der Waals surface area contributed by atoms with Crippen molar-refractivity contribution in [2.45, 2.75) is 38.0 Å². The van der Waals surface area contributed by atoms with Crippen LogP contribution in [0.2, 0.25) is 0 Å². The van der Waals surface area contributed by atoms with Crippen molar-refractivity contribution in [3.8, 4) is 6.07 Å². The number of nitrogens with zero attached hydrogens (tertiary/aromatic N) is 2. The maximum Gasteiger partial charge on any atom is 0.291 e. The summed E-state index contributed by atoms with van der Waals surface area (Å²) in [5.41, 5.74) is 3.70. The van der Waals surface area contributed by atoms with Crippen LogP contribution in [0.15, 0.2) is 35.4 Å². The Morgan fingerprint density at radius 2 is 2.23 bits per heavy atom. The number of hydrogen-bond acceptors (Lipinski definition) is 4. The third kappa shape index (κ3) is 4.00. The van der Waals surface area contributed by atoms with Gasteiger partial charge in [0.05, 0.1) is 6.20 Å². The Morgan fingerprint density at radius 3 is 2.85 bits per heavy atom. The summed E-state index contributed by atoms with van der Waals surface area (Å²) < 4.78 is 0. The van der Waals surface area contributed by atoms with Gasteiger partial charge in [0, 0.05) is 16.1 Å². The molecule has 3 rings (SSSR count). The molecule has 1 aliphatic carbocycles. The minimum atomic E-state index is -0.346. The molecule has 1 aliphatic rings. The van der Waals surface area contributed by atoms with Gasteiger partial charge in [-0.05, 0) is 54.7 Å². The number of thioether (sulfide) groups is 1. The fourth-order valence-corrected chi connectivity index (χ4v) is 3.46. The molecule has 0 fully saturated rings. The van der Waals surface area contributed by atoms with E-state index in [1.807, 2.05) is 24.5 Å². The first-order valence-electron chi connectivity index (χ1n) is 8.56. The molecule has 0 aliphatic heterocycles. The maximum absolute atomic E-state index is 12.5. The molecule has 0 saturated heterocycles. The summed E-state index contributed by atoms with van der Waals surface area (Å²) in [6.45, 7) is 4.57. The van der Waals surface area contributed by atoms with E-state index in [-0.39, 0.29) is 17.4 Å². The predicted octanol–water partition coefficient (Wildman–Crippen LogP) is 4.85. The van der Waals surface area contributed by atoms with Crippen LogP contribution in [0, 0.1) is 16.7 Å². The second-order valence-electron chi connectivity index (χ2n) is 7.22. The molecule has 0 radical (unpaired) electrons. The topological polar surface area (TPSA) is 81.6 Å². The third-order valence-corrected chi connectivity index (χ3v) is 5.43. The van der Waals surface area contributed by atoms with Gasteiger partial charge in [0.15, 0.2) is 5.82 Å². The van der Waals surface area contributed by atoms with Gasteiger partial charge in [-0.3, -0.25) is 4.79 Å². The number of imidazole rings is 1. The molecule has 1 aromatic carbocycles. The van der Waals surface area contributed by atoms with Crippen LogP contribution in [0.4, 0.5) is 5.69 Å². The SMILES string of the molecule is CSc1ccc(NC(=O)c2ncc(C#N)[nH]2)c(C2=CCC(C)(C)CC2)c1. The van der Waals surface area contributed by atoms with Gasteiger partial charge in [0.2, 0.25) is 0 Å². The Hall–Kier alpha value is -2.52. The molecular weight excluding hydrogens is 344 g/mol. The minimum absolute atomic E-state index is 0.139. The standard InChI is InChI=1S/C20H22N4OS/c1-20(2)8-6-13(7-9-20)16-10-15(26-3)4-5-17(16)24-19(25)18-22-12-14(11-21)23-18/h4-6,10,12H,7-9H2,1-3H3,(H,22,23)(H,24,25). The van der Waals surface area contributed by atoms with Gasteiger partial charge in [-0.15, -0.1) is 11.8 Å². The number of anilines is 1. The van der Waals surface area contributed by atoms with Crippen molar-refractivity contribution in [3.05, 3.63) is 47.6 Å². The van der Waals surface area contributed by atoms with E-state index in [0.717, 1.165) is 35.4 Å². The number of benzene rings is 1. The van der Waals surface area contributed by atoms with Gasteiger partial charge in [-0.1, -0.05) is 19.9 Å². The fraction of sp³-hybridized carbons (Fsp3) is 0.350. The molecule has 5 nitrogen and oxygen atoms in total. The molecule has 1 aromatic heterocycles. The molecule has 0 bridgehead atoms. The van der Waals surface area contributed by atoms with E-state index in [9.17, 15) is 4.79 Å². The summed E-state index contributed by atoms with van der Waals surface area (Å²) in [6, 6.07) is 8.01. The largest absolute Gasteiger partial charge is 0.326 e. The summed E-state index contributed by atoms with van der Waals surface area (Å²) >= 11 is 1.68. The van der Waals surface area contributed by atoms with Gasteiger partial charge < -0.3 is 10.3 Å². The molecule has 2 aromatic rings. The van der Waals surface area contributed by atoms with Crippen LogP contribution >= 0.6 is 11.8 Å². The lowest BCUT2D eigenvalue weighted by atomic mass is 9.77. The summed E-state index contributed by atoms with van der Waals surface area (Å²) in [5, 5.41) is 11.8. The van der Waals surface area contributed by atoms with Crippen molar-refractivity contribution in [1.82, 2.24) is 9.97 Å². The van der Waals surface area contributed by atoms with E-state index in [1.165, 1.54) is 11.8 Å². The first-order chi connectivity index (χ1) is 12.4. The quantitative estimate of drug-likeness (QED) is 0.758. The highest BCUT2D eigenvalue weighted by Gasteiger charge is 2.23. The van der Waals surface area contributed by atoms with Crippen LogP contribution in [-0.2, 0) is 0 Å². The van der Waals surface area contributed by atoms with Gasteiger partial charge >= 0.3 is 0 Å². The van der Waals surface area contributed by atoms with Crippen molar-refractivity contribution in [2.24, 2.45) is 5.41 Å². The van der Waals surface area contributed by atoms with Crippen LogP contribution in [0.5, 0.6) is 0 Å². The third-order valence-electron chi connectivity index (χ3n) is 4.70. The Kier molecular flexibility index (Phi) is 5.19. The van der Waals surface area contributed by atoms with Crippen LogP contribution in [0.25, 0.3) is 5.57 Å². The van der Waals surface area contributed by atoms with Crippen LogP contribution < -0.4 is 5.32 Å². The second kappa shape index (κ2) is 7.38. The number of rotatable bonds is 4. The zero-order chi connectivity index (χ0) is 18.7. The van der Waals surface area contributed by atoms with Crippen molar-refractivity contribution in [1.29, 1.82) is 5.26 Å². The second-order valence-corrected chi connectivity index (χ2v) is 8.10. The van der Waals surface area contributed by atoms with Crippen molar-refractivity contribution in [3.63, 3.8) is 0 Å². The summed E-state index contributed by atoms with van der Waals surface area (Å²) in [7, 11) is 0. The van der Waals surface area contributed by atoms with E-state index in [0.29, 0.717) is 5.41 Å². The highest BCUT2D eigenvalue weighted by molar-refractivity contribution is 7.98. The molecule has 0 unspecified atom stereocenters. The zero-order valence-corrected chi connectivity index (χ0v) is 16.0. The van der Waals surface area contributed by atoms with Crippen molar-refractivity contribution >= 4 is 28.9 Å². The minimum Gasteiger partial charge on any atom is -0.326 e. The normalized spacial score (nSPS) is 15.8. The highest BCUT2D eigenvalue weighted by Crippen LogP contribution is 2.40. The highest BCUT2D eigenvalue weighted by atomic mass is 32.2. The molecule has 134 valence electrons. The monoisotopic (exact) mass is 366 g/mol. The number of carbonyl (C=O) groups is 1. The number of aromatic nitrogens is 2. The Labute approximate surface area is 157 Å². The number of hydrogen-bond donors (Lipinski definition) is 2. The van der Waals surface area contributed by atoms with E-state index >= 15 is 0 Å². The van der Waals surface area contributed by atoms with Gasteiger partial charge in [-0.2, -0.15) is 5.26 Å². The number of allylic oxidation sites excluding steroid dienone is 2. The number of carbonyl (C=O) groups excluding carboxylic acids is 1. The fourth-order valence-electron chi connectivity index (χ4n) is 3.02. The molecule has 1 amide bonds. The number of H-pyrrole nitrogens is 1. The van der Waals surface area contributed by atoms with Crippen LogP contribution in [0.3, 0.4) is 0 Å². The molecule has 26 heavy (non-hydrogen) atoms. The van der Waals surface area contributed by atoms with E-state index in [1.54, 1.807) is 11.8 Å². The number of nitriles is 1. The lowest BCUT2D eigenvalue weighted by Crippen LogP contribution is -2.17. The van der Waals surface area contributed by atoms with E-state index in [2.05, 4.69) is 41.3 Å². The number of nitrogens with one attached hydrogen (secondary N) is 2. The molecule has 2 N–H and O–H groups in total. The smallest absolute Gasteiger partial charge is 0.291 e. The Balaban J connectivity index is 1.91. The average molecular weight is 366 g/mol. The van der Waals surface area contributed by atoms with Crippen molar-refractivity contribution < 1.29 is 4.79 Å². The molecule has 6 heteroatoms. The maximum atomic E-state index is 12.5. The van der Waals surface area contributed by atoms with Gasteiger partial charge in [-0.25, -0.2) is 4.98 Å². The van der Waals surface area contributed by atoms with Crippen LogP contribution in [0.1, 0.15) is 55.0 Å². The van der Waals surface area contributed by atoms with E-state index < -0.39 is 0 Å². The summed E-state index contributed by atoms with van der Waals surface area (Å²) in [6.07, 6.45) is 8.84. The van der Waals surface area contributed by atoms with Gasteiger partial charge in [0.1, 0.15) is 11.8 Å². The van der Waals surface area contributed by atoms with Gasteiger partial charge in [0.25, 0.3) is 5.91 Å².